The fourth-order valence-corrected chi connectivity index (χ4v) is 0.847. The van der Waals surface area contributed by atoms with Crippen LogP contribution < -0.4 is 0 Å². The first kappa shape index (κ1) is 14.9. The Morgan fingerprint density at radius 3 is 2.06 bits per heavy atom. The highest BCUT2D eigenvalue weighted by Crippen LogP contribution is 2.07. The summed E-state index contributed by atoms with van der Waals surface area (Å²) in [6.07, 6.45) is 1.01. The number of allylic oxidation sites excluding steroid dienone is 1. The normalized spacial score (nSPS) is 10.4. The molecule has 0 rings (SSSR count). The molecule has 0 aromatic carbocycles. The molecular weight excluding hydrogens is 228 g/mol. The Kier molecular flexibility index (Phi) is 6.32. The number of hydrogen-bond acceptors (Lipinski definition) is 6. The predicted octanol–water partition coefficient (Wildman–Crippen LogP) is 1.07. The zero-order valence-electron chi connectivity index (χ0n) is 9.94. The standard InChI is InChI=1S/C11H14O6/c1-5-15-11(14)10(17-9(4)13)6-7(2)16-8(3)12/h6H,2,5H2,1,3-4H3/b10-6-. The van der Waals surface area contributed by atoms with E-state index in [0.29, 0.717) is 0 Å². The number of carbonyl (C=O) groups is 3. The van der Waals surface area contributed by atoms with Gasteiger partial charge in [-0.3, -0.25) is 9.59 Å². The fraction of sp³-hybridized carbons (Fsp3) is 0.364. The summed E-state index contributed by atoms with van der Waals surface area (Å²) in [5, 5.41) is 0. The van der Waals surface area contributed by atoms with Gasteiger partial charge in [-0.25, -0.2) is 4.79 Å². The van der Waals surface area contributed by atoms with Gasteiger partial charge in [-0.15, -0.1) is 0 Å². The largest absolute Gasteiger partial charge is 0.460 e. The third-order valence-corrected chi connectivity index (χ3v) is 1.30. The molecule has 0 aliphatic heterocycles. The van der Waals surface area contributed by atoms with Gasteiger partial charge in [-0.2, -0.15) is 0 Å². The van der Waals surface area contributed by atoms with Crippen molar-refractivity contribution in [3.05, 3.63) is 24.2 Å². The van der Waals surface area contributed by atoms with Gasteiger partial charge in [0, 0.05) is 19.9 Å². The molecule has 0 bridgehead atoms. The minimum Gasteiger partial charge on any atom is -0.460 e. The van der Waals surface area contributed by atoms with E-state index in [2.05, 4.69) is 20.8 Å². The lowest BCUT2D eigenvalue weighted by Crippen LogP contribution is -2.13. The lowest BCUT2D eigenvalue weighted by atomic mass is 10.4. The molecule has 0 fully saturated rings. The molecular formula is C11H14O6. The van der Waals surface area contributed by atoms with Gasteiger partial charge in [-0.1, -0.05) is 6.58 Å². The van der Waals surface area contributed by atoms with Gasteiger partial charge in [0.15, 0.2) is 0 Å². The summed E-state index contributed by atoms with van der Waals surface area (Å²) in [7, 11) is 0. The maximum absolute atomic E-state index is 11.4. The van der Waals surface area contributed by atoms with Crippen LogP contribution >= 0.6 is 0 Å². The summed E-state index contributed by atoms with van der Waals surface area (Å²) in [6.45, 7) is 7.39. The molecule has 0 radical (unpaired) electrons. The number of hydrogen-bond donors (Lipinski definition) is 0. The zero-order chi connectivity index (χ0) is 13.4. The van der Waals surface area contributed by atoms with E-state index in [9.17, 15) is 14.4 Å². The Morgan fingerprint density at radius 1 is 1.12 bits per heavy atom. The smallest absolute Gasteiger partial charge is 0.374 e. The molecule has 0 spiro atoms. The zero-order valence-corrected chi connectivity index (χ0v) is 9.94. The number of carbonyl (C=O) groups excluding carboxylic acids is 3. The maximum atomic E-state index is 11.4. The van der Waals surface area contributed by atoms with Gasteiger partial charge in [0.2, 0.25) is 5.76 Å². The molecule has 0 aliphatic rings. The lowest BCUT2D eigenvalue weighted by Gasteiger charge is -2.07. The highest BCUT2D eigenvalue weighted by atomic mass is 16.6. The van der Waals surface area contributed by atoms with Crippen LogP contribution in [0.25, 0.3) is 0 Å². The Balaban J connectivity index is 4.83. The van der Waals surface area contributed by atoms with Crippen LogP contribution in [-0.2, 0) is 28.6 Å². The average molecular weight is 242 g/mol. The van der Waals surface area contributed by atoms with Crippen LogP contribution in [0.4, 0.5) is 0 Å². The van der Waals surface area contributed by atoms with Crippen molar-refractivity contribution in [2.45, 2.75) is 20.8 Å². The summed E-state index contributed by atoms with van der Waals surface area (Å²) in [5.74, 6) is -2.64. The van der Waals surface area contributed by atoms with E-state index in [1.807, 2.05) is 0 Å². The second-order valence-corrected chi connectivity index (χ2v) is 2.88. The van der Waals surface area contributed by atoms with E-state index in [1.165, 1.54) is 6.92 Å². The quantitative estimate of drug-likeness (QED) is 0.236. The molecule has 0 aliphatic carbocycles. The molecule has 6 heteroatoms. The average Bonchev–Trinajstić information content (AvgIpc) is 2.14. The second-order valence-electron chi connectivity index (χ2n) is 2.88. The number of rotatable bonds is 5. The molecule has 0 N–H and O–H groups in total. The van der Waals surface area contributed by atoms with Crippen LogP contribution in [0, 0.1) is 0 Å². The maximum Gasteiger partial charge on any atom is 0.374 e. The SMILES string of the molecule is C=C(/C=C(\OC(C)=O)C(=O)OCC)OC(C)=O. The third kappa shape index (κ3) is 6.88. The van der Waals surface area contributed by atoms with Crippen LogP contribution in [-0.4, -0.2) is 24.5 Å². The van der Waals surface area contributed by atoms with Gasteiger partial charge < -0.3 is 14.2 Å². The van der Waals surface area contributed by atoms with Crippen LogP contribution in [0.2, 0.25) is 0 Å². The third-order valence-electron chi connectivity index (χ3n) is 1.30. The summed E-state index contributed by atoms with van der Waals surface area (Å²) >= 11 is 0. The number of esters is 3. The van der Waals surface area contributed by atoms with E-state index in [4.69, 9.17) is 0 Å². The fourth-order valence-electron chi connectivity index (χ4n) is 0.847. The molecule has 94 valence electrons. The molecule has 0 heterocycles. The molecule has 0 amide bonds. The highest BCUT2D eigenvalue weighted by Gasteiger charge is 2.15. The van der Waals surface area contributed by atoms with Crippen molar-refractivity contribution in [2.75, 3.05) is 6.61 Å². The number of ether oxygens (including phenoxy) is 3. The van der Waals surface area contributed by atoms with Gasteiger partial charge in [0.1, 0.15) is 5.76 Å². The summed E-state index contributed by atoms with van der Waals surface area (Å²) in [5.41, 5.74) is 0. The van der Waals surface area contributed by atoms with Crippen molar-refractivity contribution < 1.29 is 28.6 Å². The van der Waals surface area contributed by atoms with Crippen molar-refractivity contribution in [3.63, 3.8) is 0 Å². The van der Waals surface area contributed by atoms with Crippen molar-refractivity contribution in [2.24, 2.45) is 0 Å². The van der Waals surface area contributed by atoms with Crippen LogP contribution in [0.1, 0.15) is 20.8 Å². The van der Waals surface area contributed by atoms with Crippen LogP contribution in [0.5, 0.6) is 0 Å². The Hall–Kier alpha value is -2.11. The van der Waals surface area contributed by atoms with Crippen molar-refractivity contribution >= 4 is 17.9 Å². The van der Waals surface area contributed by atoms with Crippen molar-refractivity contribution in [1.82, 2.24) is 0 Å². The van der Waals surface area contributed by atoms with Crippen LogP contribution in [0.3, 0.4) is 0 Å². The minimum absolute atomic E-state index is 0.122. The van der Waals surface area contributed by atoms with Gasteiger partial charge in [0.25, 0.3) is 0 Å². The van der Waals surface area contributed by atoms with Crippen LogP contribution in [0.15, 0.2) is 24.2 Å². The van der Waals surface area contributed by atoms with Gasteiger partial charge >= 0.3 is 17.9 Å². The first-order valence-corrected chi connectivity index (χ1v) is 4.81. The molecule has 0 aromatic rings. The first-order valence-electron chi connectivity index (χ1n) is 4.81. The highest BCUT2D eigenvalue weighted by molar-refractivity contribution is 5.89. The summed E-state index contributed by atoms with van der Waals surface area (Å²) in [4.78, 5) is 32.7. The van der Waals surface area contributed by atoms with Gasteiger partial charge in [0.05, 0.1) is 6.61 Å². The van der Waals surface area contributed by atoms with E-state index in [0.717, 1.165) is 13.0 Å². The topological polar surface area (TPSA) is 78.9 Å². The molecule has 0 saturated heterocycles. The Labute approximate surface area is 98.8 Å². The predicted molar refractivity (Wildman–Crippen MR) is 57.4 cm³/mol. The van der Waals surface area contributed by atoms with Crippen molar-refractivity contribution in [1.29, 1.82) is 0 Å². The van der Waals surface area contributed by atoms with E-state index in [1.54, 1.807) is 6.92 Å². The molecule has 0 atom stereocenters. The molecule has 6 nitrogen and oxygen atoms in total. The van der Waals surface area contributed by atoms with Crippen molar-refractivity contribution in [3.8, 4) is 0 Å². The lowest BCUT2D eigenvalue weighted by molar-refractivity contribution is -0.150. The molecule has 0 aromatic heterocycles. The first-order chi connectivity index (χ1) is 7.86. The minimum atomic E-state index is -0.837. The van der Waals surface area contributed by atoms with E-state index < -0.39 is 17.9 Å². The monoisotopic (exact) mass is 242 g/mol. The summed E-state index contributed by atoms with van der Waals surface area (Å²) in [6, 6.07) is 0. The van der Waals surface area contributed by atoms with E-state index >= 15 is 0 Å². The molecule has 0 saturated carbocycles. The van der Waals surface area contributed by atoms with Gasteiger partial charge in [-0.05, 0) is 6.92 Å². The van der Waals surface area contributed by atoms with E-state index in [-0.39, 0.29) is 18.1 Å². The Bertz CT molecular complexity index is 366. The second kappa shape index (κ2) is 7.21. The molecule has 0 unspecified atom stereocenters. The molecule has 17 heavy (non-hydrogen) atoms. The summed E-state index contributed by atoms with van der Waals surface area (Å²) < 4.78 is 13.8. The Morgan fingerprint density at radius 2 is 1.65 bits per heavy atom.